The van der Waals surface area contributed by atoms with Crippen LogP contribution in [-0.2, 0) is 0 Å². The Hall–Kier alpha value is -0.870. The van der Waals surface area contributed by atoms with Crippen molar-refractivity contribution in [2.24, 2.45) is 0 Å². The van der Waals surface area contributed by atoms with Gasteiger partial charge in [0.1, 0.15) is 0 Å². The third-order valence-electron chi connectivity index (χ3n) is 3.92. The summed E-state index contributed by atoms with van der Waals surface area (Å²) in [7, 11) is 0. The fourth-order valence-corrected chi connectivity index (χ4v) is 4.45. The number of carbonyl (C=O) groups is 1. The Balaban J connectivity index is 1.88. The summed E-state index contributed by atoms with van der Waals surface area (Å²) in [4.78, 5) is 12.5. The molecule has 0 spiro atoms. The Kier molecular flexibility index (Phi) is 3.63. The van der Waals surface area contributed by atoms with E-state index in [0.717, 1.165) is 29.1 Å². The Morgan fingerprint density at radius 1 is 1.32 bits per heavy atom. The molecule has 1 aromatic heterocycles. The summed E-state index contributed by atoms with van der Waals surface area (Å²) in [6.45, 7) is 0. The highest BCUT2D eigenvalue weighted by atomic mass is 79.9. The summed E-state index contributed by atoms with van der Waals surface area (Å²) < 4.78 is 1.17. The second kappa shape index (κ2) is 5.25. The van der Waals surface area contributed by atoms with Gasteiger partial charge in [-0.25, -0.2) is 0 Å². The maximum absolute atomic E-state index is 12.5. The van der Waals surface area contributed by atoms with Crippen LogP contribution in [0.2, 0.25) is 0 Å². The smallest absolute Gasteiger partial charge is 0.253 e. The number of amides is 1. The Morgan fingerprint density at radius 2 is 2.05 bits per heavy atom. The predicted molar refractivity (Wildman–Crippen MR) is 84.3 cm³/mol. The molecule has 3 rings (SSSR count). The van der Waals surface area contributed by atoms with Crippen LogP contribution in [0.25, 0.3) is 10.1 Å². The van der Waals surface area contributed by atoms with Gasteiger partial charge < -0.3 is 5.32 Å². The fourth-order valence-electron chi connectivity index (χ4n) is 2.81. The van der Waals surface area contributed by atoms with Crippen molar-refractivity contribution >= 4 is 43.3 Å². The number of benzene rings is 1. The van der Waals surface area contributed by atoms with Gasteiger partial charge in [0.05, 0.1) is 11.1 Å². The molecule has 2 aromatic rings. The highest BCUT2D eigenvalue weighted by Gasteiger charge is 2.34. The first kappa shape index (κ1) is 13.1. The number of carbonyl (C=O) groups excluding carboxylic acids is 1. The number of thiophene rings is 1. The fraction of sp³-hybridized carbons (Fsp3) is 0.400. The minimum Gasteiger partial charge on any atom is -0.346 e. The molecular weight excluding hydrogens is 322 g/mol. The molecule has 1 aliphatic carbocycles. The molecule has 4 heteroatoms. The molecule has 19 heavy (non-hydrogen) atoms. The van der Waals surface area contributed by atoms with E-state index in [1.165, 1.54) is 17.5 Å². The number of alkyl halides is 1. The van der Waals surface area contributed by atoms with Crippen LogP contribution in [0.1, 0.15) is 36.0 Å². The topological polar surface area (TPSA) is 29.1 Å². The average Bonchev–Trinajstić information content (AvgIpc) is 3.05. The first-order chi connectivity index (χ1) is 9.24. The van der Waals surface area contributed by atoms with Crippen molar-refractivity contribution in [2.45, 2.75) is 31.2 Å². The van der Waals surface area contributed by atoms with Gasteiger partial charge >= 0.3 is 0 Å². The zero-order valence-corrected chi connectivity index (χ0v) is 13.0. The lowest BCUT2D eigenvalue weighted by atomic mass is 10.00. The van der Waals surface area contributed by atoms with Crippen molar-refractivity contribution in [1.82, 2.24) is 5.32 Å². The van der Waals surface area contributed by atoms with Crippen LogP contribution in [0.5, 0.6) is 0 Å². The van der Waals surface area contributed by atoms with Gasteiger partial charge in [0.2, 0.25) is 0 Å². The number of hydrogen-bond acceptors (Lipinski definition) is 2. The van der Waals surface area contributed by atoms with Crippen molar-refractivity contribution < 1.29 is 4.79 Å². The summed E-state index contributed by atoms with van der Waals surface area (Å²) in [5.74, 6) is 0.0683. The first-order valence-corrected chi connectivity index (χ1v) is 8.59. The first-order valence-electron chi connectivity index (χ1n) is 6.59. The van der Waals surface area contributed by atoms with E-state index in [0.29, 0.717) is 0 Å². The van der Waals surface area contributed by atoms with Crippen LogP contribution >= 0.6 is 27.3 Å². The van der Waals surface area contributed by atoms with Gasteiger partial charge in [-0.1, -0.05) is 47.0 Å². The monoisotopic (exact) mass is 337 g/mol. The Bertz CT molecular complexity index is 601. The lowest BCUT2D eigenvalue weighted by Crippen LogP contribution is -2.47. The molecule has 1 heterocycles. The van der Waals surface area contributed by atoms with Gasteiger partial charge in [-0.15, -0.1) is 11.3 Å². The van der Waals surface area contributed by atoms with Gasteiger partial charge in [-0.05, 0) is 18.9 Å². The van der Waals surface area contributed by atoms with Crippen molar-refractivity contribution in [2.75, 3.05) is 5.33 Å². The SMILES string of the molecule is O=C(NC1(CBr)CCCC1)c1csc2ccccc12. The molecule has 100 valence electrons. The number of halogens is 1. The number of rotatable bonds is 3. The molecule has 1 N–H and O–H groups in total. The molecule has 1 fully saturated rings. The second-order valence-corrected chi connectivity index (χ2v) is 6.69. The quantitative estimate of drug-likeness (QED) is 0.829. The lowest BCUT2D eigenvalue weighted by Gasteiger charge is -2.28. The molecule has 1 saturated carbocycles. The zero-order valence-electron chi connectivity index (χ0n) is 10.6. The van der Waals surface area contributed by atoms with Crippen molar-refractivity contribution in [1.29, 1.82) is 0 Å². The third kappa shape index (κ3) is 2.43. The van der Waals surface area contributed by atoms with Crippen LogP contribution in [-0.4, -0.2) is 16.8 Å². The van der Waals surface area contributed by atoms with Crippen LogP contribution in [0, 0.1) is 0 Å². The molecule has 0 unspecified atom stereocenters. The molecule has 0 saturated heterocycles. The molecule has 1 amide bonds. The number of hydrogen-bond donors (Lipinski definition) is 1. The van der Waals surface area contributed by atoms with E-state index < -0.39 is 0 Å². The van der Waals surface area contributed by atoms with E-state index in [4.69, 9.17) is 0 Å². The van der Waals surface area contributed by atoms with E-state index in [1.54, 1.807) is 11.3 Å². The molecule has 0 bridgehead atoms. The predicted octanol–water partition coefficient (Wildman–Crippen LogP) is 4.34. The van der Waals surface area contributed by atoms with Crippen LogP contribution < -0.4 is 5.32 Å². The highest BCUT2D eigenvalue weighted by molar-refractivity contribution is 9.09. The van der Waals surface area contributed by atoms with E-state index in [1.807, 2.05) is 23.6 Å². The summed E-state index contributed by atoms with van der Waals surface area (Å²) in [6.07, 6.45) is 4.56. The van der Waals surface area contributed by atoms with Gasteiger partial charge in [-0.2, -0.15) is 0 Å². The van der Waals surface area contributed by atoms with E-state index in [-0.39, 0.29) is 11.4 Å². The Morgan fingerprint density at radius 3 is 2.79 bits per heavy atom. The molecule has 0 aliphatic heterocycles. The zero-order chi connectivity index (χ0) is 13.3. The largest absolute Gasteiger partial charge is 0.346 e. The normalized spacial score (nSPS) is 17.7. The van der Waals surface area contributed by atoms with Gasteiger partial charge in [0.15, 0.2) is 0 Å². The van der Waals surface area contributed by atoms with Crippen LogP contribution in [0.15, 0.2) is 29.6 Å². The van der Waals surface area contributed by atoms with Crippen molar-refractivity contribution in [3.8, 4) is 0 Å². The molecule has 1 aromatic carbocycles. The number of nitrogens with one attached hydrogen (secondary N) is 1. The average molecular weight is 338 g/mol. The summed E-state index contributed by atoms with van der Waals surface area (Å²) in [5.41, 5.74) is 0.771. The minimum absolute atomic E-state index is 0.0415. The molecule has 2 nitrogen and oxygen atoms in total. The summed E-state index contributed by atoms with van der Waals surface area (Å²) in [5, 5.41) is 7.13. The highest BCUT2D eigenvalue weighted by Crippen LogP contribution is 2.32. The second-order valence-electron chi connectivity index (χ2n) is 5.22. The molecule has 0 radical (unpaired) electrons. The third-order valence-corrected chi connectivity index (χ3v) is 5.96. The number of fused-ring (bicyclic) bond motifs is 1. The van der Waals surface area contributed by atoms with E-state index in [9.17, 15) is 4.79 Å². The maximum Gasteiger partial charge on any atom is 0.253 e. The lowest BCUT2D eigenvalue weighted by molar-refractivity contribution is 0.0912. The van der Waals surface area contributed by atoms with Gasteiger partial charge in [0.25, 0.3) is 5.91 Å². The molecular formula is C15H16BrNOS. The van der Waals surface area contributed by atoms with Gasteiger partial charge in [0, 0.05) is 20.8 Å². The van der Waals surface area contributed by atoms with Crippen LogP contribution in [0.4, 0.5) is 0 Å². The summed E-state index contributed by atoms with van der Waals surface area (Å²) in [6, 6.07) is 8.09. The maximum atomic E-state index is 12.5. The molecule has 0 atom stereocenters. The van der Waals surface area contributed by atoms with Gasteiger partial charge in [-0.3, -0.25) is 4.79 Å². The standard InChI is InChI=1S/C15H16BrNOS/c16-10-15(7-3-4-8-15)17-14(18)12-9-19-13-6-2-1-5-11(12)13/h1-2,5-6,9H,3-4,7-8,10H2,(H,17,18). The van der Waals surface area contributed by atoms with Crippen LogP contribution in [0.3, 0.4) is 0 Å². The van der Waals surface area contributed by atoms with Crippen molar-refractivity contribution in [3.05, 3.63) is 35.2 Å². The summed E-state index contributed by atoms with van der Waals surface area (Å²) >= 11 is 5.20. The van der Waals surface area contributed by atoms with E-state index >= 15 is 0 Å². The Labute approximate surface area is 125 Å². The minimum atomic E-state index is -0.0415. The van der Waals surface area contributed by atoms with Crippen molar-refractivity contribution in [3.63, 3.8) is 0 Å². The molecule has 1 aliphatic rings. The van der Waals surface area contributed by atoms with E-state index in [2.05, 4.69) is 27.3 Å².